The first kappa shape index (κ1) is 24.2. The molecular weight excluding hydrogens is 487 g/mol. The first-order valence-corrected chi connectivity index (χ1v) is 10.6. The van der Waals surface area contributed by atoms with E-state index in [1.807, 2.05) is 13.0 Å². The second kappa shape index (κ2) is 9.71. The number of anilines is 1. The molecule has 0 spiro atoms. The van der Waals surface area contributed by atoms with Gasteiger partial charge in [0.05, 0.1) is 21.7 Å². The van der Waals surface area contributed by atoms with Crippen molar-refractivity contribution in [2.45, 2.75) is 13.1 Å². The summed E-state index contributed by atoms with van der Waals surface area (Å²) in [6.07, 6.45) is -3.40. The van der Waals surface area contributed by atoms with Gasteiger partial charge in [-0.25, -0.2) is 0 Å². The molecule has 4 aromatic rings. The Hall–Kier alpha value is -3.98. The third-order valence-electron chi connectivity index (χ3n) is 4.87. The molecule has 0 saturated carbocycles. The number of alkyl halides is 3. The van der Waals surface area contributed by atoms with E-state index in [1.165, 1.54) is 24.5 Å². The summed E-state index contributed by atoms with van der Waals surface area (Å²) in [5, 5.41) is 2.47. The fourth-order valence-electron chi connectivity index (χ4n) is 3.19. The van der Waals surface area contributed by atoms with E-state index in [0.29, 0.717) is 5.75 Å². The number of ether oxygens (including phenoxy) is 2. The van der Waals surface area contributed by atoms with Crippen molar-refractivity contribution >= 4 is 34.2 Å². The number of carbonyl (C=O) groups excluding carboxylic acids is 1. The van der Waals surface area contributed by atoms with Gasteiger partial charge in [0.1, 0.15) is 23.3 Å². The molecule has 0 aliphatic heterocycles. The first-order chi connectivity index (χ1) is 16.6. The van der Waals surface area contributed by atoms with E-state index in [2.05, 4.69) is 5.32 Å². The van der Waals surface area contributed by atoms with Crippen LogP contribution in [0.5, 0.6) is 17.2 Å². The molecule has 1 aromatic heterocycles. The standard InChI is InChI=1S/C25H17ClF3NO5/c1-14-3-2-4-17(9-14)35-22-12-34-21-11-16(6-7-18(21)24(22)32)33-13-23(31)30-20-10-15(25(27,28)29)5-8-19(20)26/h2-12H,13H2,1H3,(H,30,31). The van der Waals surface area contributed by atoms with Crippen molar-refractivity contribution in [2.24, 2.45) is 0 Å². The average molecular weight is 504 g/mol. The van der Waals surface area contributed by atoms with Crippen molar-refractivity contribution < 1.29 is 31.9 Å². The number of carbonyl (C=O) groups is 1. The molecule has 1 heterocycles. The van der Waals surface area contributed by atoms with E-state index in [4.69, 9.17) is 25.5 Å². The molecular formula is C25H17ClF3NO5. The number of halogens is 4. The summed E-state index contributed by atoms with van der Waals surface area (Å²) in [5.74, 6) is -0.0226. The molecule has 10 heteroatoms. The number of hydrogen-bond acceptors (Lipinski definition) is 5. The van der Waals surface area contributed by atoms with Crippen LogP contribution in [-0.4, -0.2) is 12.5 Å². The molecule has 0 bridgehead atoms. The Balaban J connectivity index is 1.45. The van der Waals surface area contributed by atoms with Crippen molar-refractivity contribution in [2.75, 3.05) is 11.9 Å². The Morgan fingerprint density at radius 1 is 1.06 bits per heavy atom. The van der Waals surface area contributed by atoms with Gasteiger partial charge in [0, 0.05) is 6.07 Å². The van der Waals surface area contributed by atoms with Gasteiger partial charge in [-0.05, 0) is 55.0 Å². The molecule has 0 atom stereocenters. The van der Waals surface area contributed by atoms with Crippen LogP contribution >= 0.6 is 11.6 Å². The number of nitrogens with one attached hydrogen (secondary N) is 1. The maximum absolute atomic E-state index is 12.9. The lowest BCUT2D eigenvalue weighted by atomic mass is 10.2. The lowest BCUT2D eigenvalue weighted by Crippen LogP contribution is -2.20. The predicted molar refractivity (Wildman–Crippen MR) is 124 cm³/mol. The first-order valence-electron chi connectivity index (χ1n) is 10.2. The van der Waals surface area contributed by atoms with Crippen LogP contribution in [0.3, 0.4) is 0 Å². The number of amides is 1. The van der Waals surface area contributed by atoms with Crippen LogP contribution in [-0.2, 0) is 11.0 Å². The Labute approximate surface area is 201 Å². The topological polar surface area (TPSA) is 77.8 Å². The van der Waals surface area contributed by atoms with E-state index >= 15 is 0 Å². The summed E-state index contributed by atoms with van der Waals surface area (Å²) in [6, 6.07) is 14.1. The lowest BCUT2D eigenvalue weighted by Gasteiger charge is -2.12. The third-order valence-corrected chi connectivity index (χ3v) is 5.20. The fourth-order valence-corrected chi connectivity index (χ4v) is 3.35. The van der Waals surface area contributed by atoms with Crippen LogP contribution in [0, 0.1) is 6.92 Å². The van der Waals surface area contributed by atoms with Crippen molar-refractivity contribution in [3.05, 3.63) is 93.3 Å². The smallest absolute Gasteiger partial charge is 0.416 e. The number of rotatable bonds is 6. The van der Waals surface area contributed by atoms with Gasteiger partial charge in [-0.15, -0.1) is 0 Å². The number of aryl methyl sites for hydroxylation is 1. The largest absolute Gasteiger partial charge is 0.484 e. The lowest BCUT2D eigenvalue weighted by molar-refractivity contribution is -0.137. The second-order valence-corrected chi connectivity index (χ2v) is 7.94. The third kappa shape index (κ3) is 5.75. The molecule has 4 rings (SSSR count). The van der Waals surface area contributed by atoms with Gasteiger partial charge in [0.15, 0.2) is 6.61 Å². The molecule has 6 nitrogen and oxygen atoms in total. The fraction of sp³-hybridized carbons (Fsp3) is 0.120. The highest BCUT2D eigenvalue weighted by molar-refractivity contribution is 6.33. The summed E-state index contributed by atoms with van der Waals surface area (Å²) in [7, 11) is 0. The highest BCUT2D eigenvalue weighted by Crippen LogP contribution is 2.34. The van der Waals surface area contributed by atoms with Crippen LogP contribution in [0.25, 0.3) is 11.0 Å². The molecule has 0 aliphatic carbocycles. The van der Waals surface area contributed by atoms with Gasteiger partial charge < -0.3 is 19.2 Å². The van der Waals surface area contributed by atoms with Crippen LogP contribution in [0.4, 0.5) is 18.9 Å². The predicted octanol–water partition coefficient (Wildman–Crippen LogP) is 6.58. The van der Waals surface area contributed by atoms with Crippen LogP contribution in [0.1, 0.15) is 11.1 Å². The minimum Gasteiger partial charge on any atom is -0.484 e. The molecule has 0 saturated heterocycles. The highest BCUT2D eigenvalue weighted by Gasteiger charge is 2.31. The summed E-state index contributed by atoms with van der Waals surface area (Å²) >= 11 is 5.88. The minimum absolute atomic E-state index is 0.00844. The molecule has 0 radical (unpaired) electrons. The van der Waals surface area contributed by atoms with Gasteiger partial charge in [0.2, 0.25) is 11.2 Å². The van der Waals surface area contributed by atoms with Crippen LogP contribution < -0.4 is 20.2 Å². The van der Waals surface area contributed by atoms with E-state index in [9.17, 15) is 22.8 Å². The van der Waals surface area contributed by atoms with Crippen molar-refractivity contribution in [3.8, 4) is 17.2 Å². The van der Waals surface area contributed by atoms with Gasteiger partial charge in [-0.3, -0.25) is 9.59 Å². The Bertz CT molecular complexity index is 1470. The zero-order chi connectivity index (χ0) is 25.2. The Morgan fingerprint density at radius 2 is 1.86 bits per heavy atom. The van der Waals surface area contributed by atoms with E-state index < -0.39 is 29.7 Å². The molecule has 3 aromatic carbocycles. The monoisotopic (exact) mass is 503 g/mol. The summed E-state index contributed by atoms with van der Waals surface area (Å²) < 4.78 is 55.2. The minimum atomic E-state index is -4.58. The van der Waals surface area contributed by atoms with Crippen molar-refractivity contribution in [1.82, 2.24) is 0 Å². The molecule has 0 aliphatic rings. The normalized spacial score (nSPS) is 11.3. The summed E-state index contributed by atoms with van der Waals surface area (Å²) in [5.41, 5.74) is -0.371. The van der Waals surface area contributed by atoms with Crippen molar-refractivity contribution in [1.29, 1.82) is 0 Å². The highest BCUT2D eigenvalue weighted by atomic mass is 35.5. The maximum atomic E-state index is 12.9. The van der Waals surface area contributed by atoms with Crippen LogP contribution in [0.2, 0.25) is 5.02 Å². The Kier molecular flexibility index (Phi) is 6.70. The molecule has 35 heavy (non-hydrogen) atoms. The SMILES string of the molecule is Cc1cccc(Oc2coc3cc(OCC(=O)Nc4cc(C(F)(F)F)ccc4Cl)ccc3c2=O)c1. The van der Waals surface area contributed by atoms with E-state index in [0.717, 1.165) is 23.8 Å². The number of hydrogen-bond donors (Lipinski definition) is 1. The van der Waals surface area contributed by atoms with Gasteiger partial charge in [-0.2, -0.15) is 13.2 Å². The summed E-state index contributed by atoms with van der Waals surface area (Å²) in [4.78, 5) is 24.9. The molecule has 0 unspecified atom stereocenters. The number of fused-ring (bicyclic) bond motifs is 1. The number of benzene rings is 3. The second-order valence-electron chi connectivity index (χ2n) is 7.53. The van der Waals surface area contributed by atoms with E-state index in [1.54, 1.807) is 18.2 Å². The quantitative estimate of drug-likeness (QED) is 0.321. The molecule has 1 amide bonds. The average Bonchev–Trinajstić information content (AvgIpc) is 2.80. The van der Waals surface area contributed by atoms with Gasteiger partial charge in [-0.1, -0.05) is 23.7 Å². The van der Waals surface area contributed by atoms with Gasteiger partial charge >= 0.3 is 6.18 Å². The molecule has 1 N–H and O–H groups in total. The molecule has 0 fully saturated rings. The Morgan fingerprint density at radius 3 is 2.60 bits per heavy atom. The van der Waals surface area contributed by atoms with Crippen molar-refractivity contribution in [3.63, 3.8) is 0 Å². The van der Waals surface area contributed by atoms with Gasteiger partial charge in [0.25, 0.3) is 5.91 Å². The van der Waals surface area contributed by atoms with E-state index in [-0.39, 0.29) is 33.2 Å². The zero-order valence-electron chi connectivity index (χ0n) is 18.1. The zero-order valence-corrected chi connectivity index (χ0v) is 18.9. The van der Waals surface area contributed by atoms with Crippen LogP contribution in [0.15, 0.2) is 76.1 Å². The molecule has 180 valence electrons. The summed E-state index contributed by atoms with van der Waals surface area (Å²) in [6.45, 7) is 1.38. The maximum Gasteiger partial charge on any atom is 0.416 e.